The number of amides is 2. The molecule has 5 nitrogen and oxygen atoms in total. The van der Waals surface area contributed by atoms with Crippen LogP contribution in [0.3, 0.4) is 0 Å². The van der Waals surface area contributed by atoms with E-state index in [0.29, 0.717) is 23.7 Å². The van der Waals surface area contributed by atoms with Crippen LogP contribution in [0.1, 0.15) is 25.8 Å². The van der Waals surface area contributed by atoms with E-state index in [-0.39, 0.29) is 30.8 Å². The summed E-state index contributed by atoms with van der Waals surface area (Å²) in [4.78, 5) is 25.9. The topological polar surface area (TPSA) is 61.4 Å². The number of carbonyl (C=O) groups is 2. The van der Waals surface area contributed by atoms with Crippen molar-refractivity contribution in [2.75, 3.05) is 13.1 Å². The highest BCUT2D eigenvalue weighted by atomic mass is 35.5. The molecule has 1 saturated heterocycles. The van der Waals surface area contributed by atoms with Crippen LogP contribution in [0.5, 0.6) is 0 Å². The molecule has 1 unspecified atom stereocenters. The van der Waals surface area contributed by atoms with Crippen molar-refractivity contribution in [2.45, 2.75) is 38.9 Å². The molecule has 0 bridgehead atoms. The third-order valence-corrected chi connectivity index (χ3v) is 4.05. The van der Waals surface area contributed by atoms with Gasteiger partial charge in [-0.3, -0.25) is 14.5 Å². The minimum atomic E-state index is -0.627. The maximum atomic E-state index is 14.0. The number of carbonyl (C=O) groups excluding carboxylic acids is 2. The van der Waals surface area contributed by atoms with E-state index < -0.39 is 11.9 Å². The largest absolute Gasteiger partial charge is 0.354 e. The summed E-state index contributed by atoms with van der Waals surface area (Å²) in [6.45, 7) is 4.91. The molecule has 2 rings (SSSR count). The summed E-state index contributed by atoms with van der Waals surface area (Å²) >= 11 is 6.06. The summed E-state index contributed by atoms with van der Waals surface area (Å²) in [6, 6.07) is 3.87. The van der Waals surface area contributed by atoms with Crippen LogP contribution in [0.25, 0.3) is 0 Å². The maximum absolute atomic E-state index is 14.0. The standard InChI is InChI=1S/C16H21ClFN3O2/c1-10(2)20-15(22)8-14-16(23)19-6-7-21(14)9-11-12(17)4-3-5-13(11)18/h3-5,10,14H,6-9H2,1-2H3,(H,19,23)(H,20,22). The zero-order valence-corrected chi connectivity index (χ0v) is 14.0. The van der Waals surface area contributed by atoms with E-state index in [4.69, 9.17) is 11.6 Å². The van der Waals surface area contributed by atoms with Gasteiger partial charge in [0, 0.05) is 36.3 Å². The number of hydrogen-bond donors (Lipinski definition) is 2. The highest BCUT2D eigenvalue weighted by Gasteiger charge is 2.32. The van der Waals surface area contributed by atoms with Gasteiger partial charge in [0.2, 0.25) is 11.8 Å². The van der Waals surface area contributed by atoms with E-state index in [9.17, 15) is 14.0 Å². The van der Waals surface area contributed by atoms with Gasteiger partial charge in [-0.15, -0.1) is 0 Å². The predicted molar refractivity (Wildman–Crippen MR) is 86.5 cm³/mol. The zero-order valence-electron chi connectivity index (χ0n) is 13.2. The lowest BCUT2D eigenvalue weighted by Crippen LogP contribution is -2.56. The van der Waals surface area contributed by atoms with Crippen molar-refractivity contribution in [1.82, 2.24) is 15.5 Å². The van der Waals surface area contributed by atoms with Crippen LogP contribution in [-0.2, 0) is 16.1 Å². The monoisotopic (exact) mass is 341 g/mol. The summed E-state index contributed by atoms with van der Waals surface area (Å²) in [7, 11) is 0. The van der Waals surface area contributed by atoms with Crippen molar-refractivity contribution < 1.29 is 14.0 Å². The molecule has 1 aromatic carbocycles. The van der Waals surface area contributed by atoms with Gasteiger partial charge in [-0.05, 0) is 26.0 Å². The third kappa shape index (κ3) is 4.65. The van der Waals surface area contributed by atoms with Gasteiger partial charge in [0.05, 0.1) is 12.5 Å². The van der Waals surface area contributed by atoms with Gasteiger partial charge in [-0.1, -0.05) is 17.7 Å². The Morgan fingerprint density at radius 2 is 2.26 bits per heavy atom. The first-order valence-electron chi connectivity index (χ1n) is 7.62. The Morgan fingerprint density at radius 1 is 1.52 bits per heavy atom. The van der Waals surface area contributed by atoms with Gasteiger partial charge >= 0.3 is 0 Å². The Bertz CT molecular complexity index is 574. The van der Waals surface area contributed by atoms with E-state index in [0.717, 1.165) is 0 Å². The number of nitrogens with one attached hydrogen (secondary N) is 2. The van der Waals surface area contributed by atoms with Crippen molar-refractivity contribution in [2.24, 2.45) is 0 Å². The number of benzene rings is 1. The van der Waals surface area contributed by atoms with Crippen LogP contribution in [0, 0.1) is 5.82 Å². The van der Waals surface area contributed by atoms with E-state index in [1.54, 1.807) is 11.0 Å². The molecular weight excluding hydrogens is 321 g/mol. The van der Waals surface area contributed by atoms with Crippen LogP contribution >= 0.6 is 11.6 Å². The lowest BCUT2D eigenvalue weighted by molar-refractivity contribution is -0.134. The van der Waals surface area contributed by atoms with E-state index in [1.165, 1.54) is 12.1 Å². The lowest BCUT2D eigenvalue weighted by atomic mass is 10.1. The summed E-state index contributed by atoms with van der Waals surface area (Å²) in [5.74, 6) is -0.830. The fourth-order valence-corrected chi connectivity index (χ4v) is 2.84. The zero-order chi connectivity index (χ0) is 17.0. The SMILES string of the molecule is CC(C)NC(=O)CC1C(=O)NCCN1Cc1c(F)cccc1Cl. The second kappa shape index (κ2) is 7.75. The van der Waals surface area contributed by atoms with Gasteiger partial charge in [0.15, 0.2) is 0 Å². The first-order valence-corrected chi connectivity index (χ1v) is 8.00. The predicted octanol–water partition coefficient (Wildman–Crippen LogP) is 1.69. The molecule has 2 amide bonds. The summed E-state index contributed by atoms with van der Waals surface area (Å²) in [5.41, 5.74) is 0.345. The molecule has 0 aromatic heterocycles. The highest BCUT2D eigenvalue weighted by Crippen LogP contribution is 2.23. The molecule has 126 valence electrons. The molecule has 1 aliphatic heterocycles. The molecule has 0 radical (unpaired) electrons. The molecule has 1 fully saturated rings. The smallest absolute Gasteiger partial charge is 0.237 e. The quantitative estimate of drug-likeness (QED) is 0.857. The summed E-state index contributed by atoms with van der Waals surface area (Å²) in [6.07, 6.45) is 0.0378. The van der Waals surface area contributed by atoms with Crippen LogP contribution in [0.4, 0.5) is 4.39 Å². The Kier molecular flexibility index (Phi) is 5.96. The summed E-state index contributed by atoms with van der Waals surface area (Å²) < 4.78 is 14.0. The molecule has 1 atom stereocenters. The average Bonchev–Trinajstić information content (AvgIpc) is 2.45. The second-order valence-electron chi connectivity index (χ2n) is 5.90. The first kappa shape index (κ1) is 17.7. The molecule has 2 N–H and O–H groups in total. The molecule has 0 saturated carbocycles. The van der Waals surface area contributed by atoms with Gasteiger partial charge < -0.3 is 10.6 Å². The van der Waals surface area contributed by atoms with Crippen LogP contribution < -0.4 is 10.6 Å². The number of nitrogens with zero attached hydrogens (tertiary/aromatic N) is 1. The Balaban J connectivity index is 2.14. The van der Waals surface area contributed by atoms with Gasteiger partial charge in [0.25, 0.3) is 0 Å². The second-order valence-corrected chi connectivity index (χ2v) is 6.31. The van der Waals surface area contributed by atoms with Gasteiger partial charge in [-0.25, -0.2) is 4.39 Å². The molecule has 1 aliphatic rings. The molecular formula is C16H21ClFN3O2. The fraction of sp³-hybridized carbons (Fsp3) is 0.500. The molecule has 0 spiro atoms. The van der Waals surface area contributed by atoms with Crippen LogP contribution in [0.2, 0.25) is 5.02 Å². The molecule has 1 heterocycles. The third-order valence-electron chi connectivity index (χ3n) is 3.69. The molecule has 1 aromatic rings. The van der Waals surface area contributed by atoms with Crippen molar-refractivity contribution in [1.29, 1.82) is 0 Å². The van der Waals surface area contributed by atoms with Gasteiger partial charge in [-0.2, -0.15) is 0 Å². The van der Waals surface area contributed by atoms with Crippen LogP contribution in [0.15, 0.2) is 18.2 Å². The average molecular weight is 342 g/mol. The van der Waals surface area contributed by atoms with E-state index in [1.807, 2.05) is 13.8 Å². The molecule has 0 aliphatic carbocycles. The van der Waals surface area contributed by atoms with Crippen molar-refractivity contribution in [3.05, 3.63) is 34.6 Å². The molecule has 7 heteroatoms. The van der Waals surface area contributed by atoms with Crippen molar-refractivity contribution >= 4 is 23.4 Å². The van der Waals surface area contributed by atoms with E-state index in [2.05, 4.69) is 10.6 Å². The highest BCUT2D eigenvalue weighted by molar-refractivity contribution is 6.31. The first-order chi connectivity index (χ1) is 10.9. The van der Waals surface area contributed by atoms with Crippen molar-refractivity contribution in [3.8, 4) is 0 Å². The Labute approximate surface area is 140 Å². The number of halogens is 2. The number of piperazine rings is 1. The summed E-state index contributed by atoms with van der Waals surface area (Å²) in [5, 5.41) is 5.84. The number of hydrogen-bond acceptors (Lipinski definition) is 3. The minimum absolute atomic E-state index is 0.00335. The Morgan fingerprint density at radius 3 is 2.91 bits per heavy atom. The Hall–Kier alpha value is -1.66. The van der Waals surface area contributed by atoms with Gasteiger partial charge in [0.1, 0.15) is 5.82 Å². The fourth-order valence-electron chi connectivity index (χ4n) is 2.62. The lowest BCUT2D eigenvalue weighted by Gasteiger charge is -2.35. The van der Waals surface area contributed by atoms with Crippen molar-refractivity contribution in [3.63, 3.8) is 0 Å². The molecule has 23 heavy (non-hydrogen) atoms. The normalized spacial score (nSPS) is 18.8. The van der Waals surface area contributed by atoms with E-state index >= 15 is 0 Å². The minimum Gasteiger partial charge on any atom is -0.354 e. The maximum Gasteiger partial charge on any atom is 0.237 e. The van der Waals surface area contributed by atoms with Crippen LogP contribution in [-0.4, -0.2) is 41.9 Å². The number of rotatable bonds is 5.